The van der Waals surface area contributed by atoms with Gasteiger partial charge in [-0.05, 0) is 44.2 Å². The molecular formula is C25H33FN4O2. The van der Waals surface area contributed by atoms with E-state index in [1.54, 1.807) is 12.3 Å². The van der Waals surface area contributed by atoms with Gasteiger partial charge in [-0.15, -0.1) is 0 Å². The fraction of sp³-hybridized carbons (Fsp3) is 0.560. The highest BCUT2D eigenvalue weighted by Crippen LogP contribution is 2.34. The largest absolute Gasteiger partial charge is 0.341 e. The summed E-state index contributed by atoms with van der Waals surface area (Å²) in [5.74, 6) is 0.504. The molecule has 0 radical (unpaired) electrons. The molecule has 0 aliphatic carbocycles. The van der Waals surface area contributed by atoms with Crippen molar-refractivity contribution in [2.75, 3.05) is 19.6 Å². The monoisotopic (exact) mass is 440 g/mol. The molecule has 2 aliphatic rings. The summed E-state index contributed by atoms with van der Waals surface area (Å²) in [5.41, 5.74) is 1.04. The van der Waals surface area contributed by atoms with E-state index < -0.39 is 5.41 Å². The van der Waals surface area contributed by atoms with Crippen molar-refractivity contribution in [2.45, 2.75) is 58.9 Å². The van der Waals surface area contributed by atoms with Crippen LogP contribution < -0.4 is 0 Å². The van der Waals surface area contributed by atoms with Crippen LogP contribution in [0.4, 0.5) is 4.39 Å². The third kappa shape index (κ3) is 4.71. The Labute approximate surface area is 189 Å². The predicted molar refractivity (Wildman–Crippen MR) is 121 cm³/mol. The number of aromatic nitrogens is 2. The molecule has 2 saturated heterocycles. The van der Waals surface area contributed by atoms with Gasteiger partial charge in [-0.3, -0.25) is 9.59 Å². The molecule has 7 heteroatoms. The molecule has 3 heterocycles. The van der Waals surface area contributed by atoms with Crippen LogP contribution in [0.15, 0.2) is 30.5 Å². The minimum Gasteiger partial charge on any atom is -0.341 e. The summed E-state index contributed by atoms with van der Waals surface area (Å²) in [6.45, 7) is 7.68. The smallest absolute Gasteiger partial charge is 0.228 e. The molecule has 2 atom stereocenters. The Morgan fingerprint density at radius 1 is 1.12 bits per heavy atom. The van der Waals surface area contributed by atoms with Gasteiger partial charge in [0.25, 0.3) is 0 Å². The minimum atomic E-state index is -0.444. The molecule has 1 aromatic carbocycles. The molecule has 2 aromatic rings. The third-order valence-electron chi connectivity index (χ3n) is 6.53. The van der Waals surface area contributed by atoms with Crippen molar-refractivity contribution in [3.63, 3.8) is 0 Å². The zero-order chi connectivity index (χ0) is 22.9. The van der Waals surface area contributed by atoms with E-state index in [1.165, 1.54) is 12.1 Å². The van der Waals surface area contributed by atoms with E-state index in [1.807, 2.05) is 36.6 Å². The van der Waals surface area contributed by atoms with Gasteiger partial charge in [-0.25, -0.2) is 9.37 Å². The second-order valence-electron chi connectivity index (χ2n) is 10.1. The van der Waals surface area contributed by atoms with Crippen LogP contribution in [0.3, 0.4) is 0 Å². The fourth-order valence-electron chi connectivity index (χ4n) is 4.86. The number of benzene rings is 1. The Balaban J connectivity index is 1.51. The van der Waals surface area contributed by atoms with Crippen molar-refractivity contribution in [2.24, 2.45) is 11.3 Å². The molecule has 1 aromatic heterocycles. The first kappa shape index (κ1) is 22.5. The third-order valence-corrected chi connectivity index (χ3v) is 6.53. The summed E-state index contributed by atoms with van der Waals surface area (Å²) >= 11 is 0. The molecule has 4 rings (SSSR count). The van der Waals surface area contributed by atoms with Gasteiger partial charge in [-0.2, -0.15) is 0 Å². The van der Waals surface area contributed by atoms with Gasteiger partial charge >= 0.3 is 0 Å². The van der Waals surface area contributed by atoms with Crippen LogP contribution in [-0.2, 0) is 9.59 Å². The summed E-state index contributed by atoms with van der Waals surface area (Å²) in [4.78, 5) is 38.0. The van der Waals surface area contributed by atoms with Gasteiger partial charge in [0, 0.05) is 30.6 Å². The number of piperidine rings is 2. The van der Waals surface area contributed by atoms with Crippen molar-refractivity contribution in [3.8, 4) is 11.3 Å². The number of H-pyrrole nitrogens is 1. The first-order valence-electron chi connectivity index (χ1n) is 11.6. The normalized spacial score (nSPS) is 22.1. The Morgan fingerprint density at radius 2 is 1.94 bits per heavy atom. The van der Waals surface area contributed by atoms with Crippen LogP contribution in [0.5, 0.6) is 0 Å². The molecule has 0 saturated carbocycles. The number of halogens is 1. The maximum Gasteiger partial charge on any atom is 0.228 e. The summed E-state index contributed by atoms with van der Waals surface area (Å²) < 4.78 is 13.6. The molecule has 2 aliphatic heterocycles. The number of carbonyl (C=O) groups excluding carboxylic acids is 2. The number of carbonyl (C=O) groups is 2. The van der Waals surface area contributed by atoms with Crippen molar-refractivity contribution in [1.29, 1.82) is 0 Å². The van der Waals surface area contributed by atoms with E-state index in [9.17, 15) is 14.0 Å². The first-order valence-corrected chi connectivity index (χ1v) is 11.6. The average molecular weight is 441 g/mol. The molecule has 6 nitrogen and oxygen atoms in total. The lowest BCUT2D eigenvalue weighted by atomic mass is 9.89. The summed E-state index contributed by atoms with van der Waals surface area (Å²) in [6.07, 6.45) is 6.22. The molecule has 1 N–H and O–H groups in total. The first-order chi connectivity index (χ1) is 15.2. The SMILES string of the molecule is CC(C)(C)C(=O)N1CCCC(C(=O)N2CCCCC2c2ncc(-c3cccc(F)c3)[nH]2)C1. The molecule has 0 bridgehead atoms. The van der Waals surface area contributed by atoms with Crippen LogP contribution in [-0.4, -0.2) is 51.2 Å². The lowest BCUT2D eigenvalue weighted by molar-refractivity contribution is -0.147. The number of hydrogen-bond donors (Lipinski definition) is 1. The molecule has 2 amide bonds. The predicted octanol–water partition coefficient (Wildman–Crippen LogP) is 4.55. The van der Waals surface area contributed by atoms with Crippen molar-refractivity contribution in [3.05, 3.63) is 42.1 Å². The topological polar surface area (TPSA) is 69.3 Å². The van der Waals surface area contributed by atoms with Crippen LogP contribution in [0.1, 0.15) is 64.7 Å². The highest BCUT2D eigenvalue weighted by atomic mass is 19.1. The van der Waals surface area contributed by atoms with Crippen molar-refractivity contribution in [1.82, 2.24) is 19.8 Å². The van der Waals surface area contributed by atoms with Gasteiger partial charge in [0.15, 0.2) is 0 Å². The Bertz CT molecular complexity index is 980. The highest BCUT2D eigenvalue weighted by molar-refractivity contribution is 5.84. The number of rotatable bonds is 3. The maximum atomic E-state index is 13.6. The van der Waals surface area contributed by atoms with Crippen LogP contribution in [0.2, 0.25) is 0 Å². The quantitative estimate of drug-likeness (QED) is 0.761. The number of likely N-dealkylation sites (tertiary alicyclic amines) is 2. The lowest BCUT2D eigenvalue weighted by Gasteiger charge is -2.40. The molecular weight excluding hydrogens is 407 g/mol. The molecule has 0 spiro atoms. The maximum absolute atomic E-state index is 13.6. The molecule has 2 unspecified atom stereocenters. The number of nitrogens with one attached hydrogen (secondary N) is 1. The van der Waals surface area contributed by atoms with E-state index in [2.05, 4.69) is 9.97 Å². The highest BCUT2D eigenvalue weighted by Gasteiger charge is 2.38. The van der Waals surface area contributed by atoms with Gasteiger partial charge < -0.3 is 14.8 Å². The van der Waals surface area contributed by atoms with Crippen molar-refractivity contribution < 1.29 is 14.0 Å². The number of hydrogen-bond acceptors (Lipinski definition) is 3. The Morgan fingerprint density at radius 3 is 2.69 bits per heavy atom. The Kier molecular flexibility index (Phi) is 6.35. The van der Waals surface area contributed by atoms with E-state index in [4.69, 9.17) is 0 Å². The van der Waals surface area contributed by atoms with E-state index in [-0.39, 0.29) is 29.6 Å². The van der Waals surface area contributed by atoms with Crippen LogP contribution in [0, 0.1) is 17.2 Å². The number of imidazole rings is 1. The molecule has 32 heavy (non-hydrogen) atoms. The number of aromatic amines is 1. The lowest BCUT2D eigenvalue weighted by Crippen LogP contribution is -2.50. The summed E-state index contributed by atoms with van der Waals surface area (Å²) in [6, 6.07) is 6.29. The zero-order valence-electron chi connectivity index (χ0n) is 19.2. The number of amides is 2. The van der Waals surface area contributed by atoms with Gasteiger partial charge in [0.05, 0.1) is 23.9 Å². The van der Waals surface area contributed by atoms with E-state index in [0.29, 0.717) is 13.1 Å². The molecule has 172 valence electrons. The summed E-state index contributed by atoms with van der Waals surface area (Å²) in [7, 11) is 0. The van der Waals surface area contributed by atoms with Crippen molar-refractivity contribution >= 4 is 11.8 Å². The Hall–Kier alpha value is -2.70. The fourth-order valence-corrected chi connectivity index (χ4v) is 4.86. The second kappa shape index (κ2) is 9.04. The van der Waals surface area contributed by atoms with Gasteiger partial charge in [0.1, 0.15) is 11.6 Å². The van der Waals surface area contributed by atoms with Crippen LogP contribution in [0.25, 0.3) is 11.3 Å². The average Bonchev–Trinajstić information content (AvgIpc) is 3.28. The van der Waals surface area contributed by atoms with Crippen LogP contribution >= 0.6 is 0 Å². The second-order valence-corrected chi connectivity index (χ2v) is 10.1. The number of nitrogens with zero attached hydrogens (tertiary/aromatic N) is 3. The zero-order valence-corrected chi connectivity index (χ0v) is 19.2. The summed E-state index contributed by atoms with van der Waals surface area (Å²) in [5, 5.41) is 0. The van der Waals surface area contributed by atoms with E-state index >= 15 is 0 Å². The van der Waals surface area contributed by atoms with Gasteiger partial charge in [-0.1, -0.05) is 32.9 Å². The molecule has 2 fully saturated rings. The van der Waals surface area contributed by atoms with Gasteiger partial charge in [0.2, 0.25) is 11.8 Å². The standard InChI is InChI=1S/C25H33FN4O2/c1-25(2,3)24(32)29-12-7-9-18(16-29)23(31)30-13-5-4-11-21(30)22-27-15-20(28-22)17-8-6-10-19(26)14-17/h6,8,10,14-15,18,21H,4-5,7,9,11-13,16H2,1-3H3,(H,27,28). The van der Waals surface area contributed by atoms with E-state index in [0.717, 1.165) is 55.7 Å². The minimum absolute atomic E-state index is 0.107.